The van der Waals surface area contributed by atoms with Crippen LogP contribution in [0.15, 0.2) is 97.1 Å². The number of para-hydroxylation sites is 1. The highest BCUT2D eigenvalue weighted by Gasteiger charge is 2.56. The Morgan fingerprint density at radius 1 is 0.276 bits per heavy atom. The summed E-state index contributed by atoms with van der Waals surface area (Å²) >= 11 is 0. The second kappa shape index (κ2) is 32.6. The summed E-state index contributed by atoms with van der Waals surface area (Å²) in [6, 6.07) is 43.0. The first-order chi connectivity index (χ1) is 54.7. The second-order valence-electron chi connectivity index (χ2n) is 42.3. The van der Waals surface area contributed by atoms with Crippen LogP contribution in [0.3, 0.4) is 0 Å². The van der Waals surface area contributed by atoms with Crippen molar-refractivity contribution >= 4 is 39.8 Å². The largest absolute Gasteiger partial charge is 0.365 e. The van der Waals surface area contributed by atoms with E-state index in [9.17, 15) is 0 Å². The maximum atomic E-state index is 2.77. The van der Waals surface area contributed by atoms with E-state index in [4.69, 9.17) is 0 Å². The molecule has 628 valence electrons. The van der Waals surface area contributed by atoms with Crippen molar-refractivity contribution in [2.45, 2.75) is 400 Å². The molecule has 0 radical (unpaired) electrons. The maximum absolute atomic E-state index is 2.77. The minimum atomic E-state index is 0.0704. The Morgan fingerprint density at radius 2 is 0.595 bits per heavy atom. The van der Waals surface area contributed by atoms with E-state index in [-0.39, 0.29) is 5.54 Å². The van der Waals surface area contributed by atoms with Gasteiger partial charge in [0.25, 0.3) is 0 Å². The van der Waals surface area contributed by atoms with Crippen molar-refractivity contribution in [3.63, 3.8) is 0 Å². The summed E-state index contributed by atoms with van der Waals surface area (Å²) in [7, 11) is 0. The molecule has 12 aliphatic heterocycles. The van der Waals surface area contributed by atoms with Crippen LogP contribution in [0.2, 0.25) is 0 Å². The lowest BCUT2D eigenvalue weighted by atomic mass is 9.59. The van der Waals surface area contributed by atoms with Gasteiger partial charge in [0.2, 0.25) is 0 Å². The number of fused-ring (bicyclic) bond motifs is 20. The van der Waals surface area contributed by atoms with Crippen molar-refractivity contribution < 1.29 is 0 Å². The Kier molecular flexibility index (Phi) is 24.0. The van der Waals surface area contributed by atoms with Crippen LogP contribution in [-0.2, 0) is 5.54 Å². The topological polar surface area (TPSA) is 22.7 Å². The van der Waals surface area contributed by atoms with Gasteiger partial charge < -0.3 is 34.3 Å². The molecule has 0 aromatic heterocycles. The summed E-state index contributed by atoms with van der Waals surface area (Å²) < 4.78 is 0. The zero-order chi connectivity index (χ0) is 83.6. The highest BCUT2D eigenvalue weighted by molar-refractivity contribution is 5.75. The van der Waals surface area contributed by atoms with Crippen molar-refractivity contribution in [1.82, 2.24) is 0 Å². The molecule has 12 bridgehead atoms. The maximum Gasteiger partial charge on any atom is 0.0997 e. The van der Waals surface area contributed by atoms with Crippen LogP contribution in [0.5, 0.6) is 0 Å². The van der Waals surface area contributed by atoms with E-state index in [2.05, 4.69) is 332 Å². The number of aryl methyl sites for hydroxylation is 12. The predicted octanol–water partition coefficient (Wildman–Crippen LogP) is 28.0. The van der Waals surface area contributed by atoms with E-state index >= 15 is 0 Å². The quantitative estimate of drug-likeness (QED) is 0.163. The fraction of sp³-hybridized carbons (Fsp3) is 0.615. The van der Waals surface area contributed by atoms with Crippen molar-refractivity contribution in [3.8, 4) is 0 Å². The normalized spacial score (nSPS) is 31.9. The molecule has 7 nitrogen and oxygen atoms in total. The van der Waals surface area contributed by atoms with Gasteiger partial charge in [-0.05, 0) is 487 Å². The molecule has 7 atom stereocenters. The number of rotatable bonds is 6. The van der Waals surface area contributed by atoms with Gasteiger partial charge in [-0.2, -0.15) is 0 Å². The van der Waals surface area contributed by atoms with Crippen molar-refractivity contribution in [2.75, 3.05) is 40.8 Å². The first kappa shape index (κ1) is 85.6. The molecule has 0 N–H and O–H groups in total. The first-order valence-electron chi connectivity index (χ1n) is 46.8. The average Bonchev–Trinajstić information content (AvgIpc) is 1.54. The molecular formula is C109H157N7. The summed E-state index contributed by atoms with van der Waals surface area (Å²) in [6.45, 7) is 68.5. The zero-order valence-corrected chi connectivity index (χ0v) is 78.6. The summed E-state index contributed by atoms with van der Waals surface area (Å²) in [5.74, 6) is 2.76. The molecule has 11 saturated heterocycles. The van der Waals surface area contributed by atoms with Crippen LogP contribution < -0.4 is 34.3 Å². The van der Waals surface area contributed by atoms with Gasteiger partial charge in [0.05, 0.1) is 11.7 Å². The predicted molar refractivity (Wildman–Crippen MR) is 504 cm³/mol. The number of anilines is 7. The molecule has 12 heterocycles. The molecule has 16 fully saturated rings. The number of benzene rings is 7. The lowest BCUT2D eigenvalue weighted by molar-refractivity contribution is 0.0508. The van der Waals surface area contributed by atoms with Gasteiger partial charge in [-0.1, -0.05) is 68.4 Å². The minimum absolute atomic E-state index is 0.0704. The molecule has 7 aromatic rings. The van der Waals surface area contributed by atoms with Crippen LogP contribution in [0, 0.1) is 153 Å². The summed E-state index contributed by atoms with van der Waals surface area (Å²) in [5.41, 5.74) is 39.4. The van der Waals surface area contributed by atoms with E-state index in [0.29, 0.717) is 46.2 Å². The number of hydrogen-bond donors (Lipinski definition) is 0. The number of hydrogen-bond acceptors (Lipinski definition) is 7. The van der Waals surface area contributed by atoms with Gasteiger partial charge in [-0.15, -0.1) is 0 Å². The molecule has 5 aliphatic carbocycles. The Bertz CT molecular complexity index is 4630. The van der Waals surface area contributed by atoms with Crippen LogP contribution in [0.4, 0.5) is 39.8 Å². The molecule has 0 amide bonds. The first-order valence-corrected chi connectivity index (χ1v) is 46.8. The summed E-state index contributed by atoms with van der Waals surface area (Å²) in [4.78, 5) is 19.0. The Balaban J connectivity index is 0.000000115. The van der Waals surface area contributed by atoms with Crippen LogP contribution in [-0.4, -0.2) is 72.1 Å². The average molecular weight is 1570 g/mol. The Labute approximate surface area is 708 Å². The Hall–Kier alpha value is -6.86. The fourth-order valence-electron chi connectivity index (χ4n) is 26.1. The summed E-state index contributed by atoms with van der Waals surface area (Å²) in [5, 5.41) is 0. The lowest BCUT2D eigenvalue weighted by Crippen LogP contribution is -2.65. The van der Waals surface area contributed by atoms with Crippen LogP contribution >= 0.6 is 0 Å². The molecule has 17 aliphatic rings. The molecule has 116 heavy (non-hydrogen) atoms. The van der Waals surface area contributed by atoms with E-state index in [1.165, 1.54) is 274 Å². The van der Waals surface area contributed by atoms with Gasteiger partial charge >= 0.3 is 0 Å². The summed E-state index contributed by atoms with van der Waals surface area (Å²) in [6.07, 6.45) is 28.5. The molecule has 7 heteroatoms. The molecule has 5 saturated carbocycles. The number of piperidine rings is 10. The van der Waals surface area contributed by atoms with Crippen molar-refractivity contribution in [2.24, 2.45) is 28.6 Å². The third-order valence-electron chi connectivity index (χ3n) is 34.6. The SMILES string of the molecule is Cc1cc(C)c(C)c(N2C(C)C3(C)CCC2(C)CC3)c1.Cc1cc(C)c(C)c(N2C(C)C3CCC2(C)CC3)c1.Cc1cc(C)c(C)c(N2C(C)N3CC2(C)c2ccccc23)c1.Cc1cc(C)c(C)c(N2C3CCC(C)(CC3)C2C)c1.Cc1cc(C)c(C)c(N2C3CCC(CC3)C2C)c1.Cc1cc(C)c(C)c(N2C3CCC(CC3)C2C)c1. The van der Waals surface area contributed by atoms with Gasteiger partial charge in [-0.3, -0.25) is 0 Å². The van der Waals surface area contributed by atoms with Gasteiger partial charge in [0.1, 0.15) is 0 Å². The van der Waals surface area contributed by atoms with Gasteiger partial charge in [0, 0.05) is 111 Å². The minimum Gasteiger partial charge on any atom is -0.365 e. The van der Waals surface area contributed by atoms with E-state index in [0.717, 1.165) is 54.5 Å². The van der Waals surface area contributed by atoms with Gasteiger partial charge in [0.15, 0.2) is 0 Å². The molecule has 7 aromatic carbocycles. The van der Waals surface area contributed by atoms with E-state index in [1.807, 2.05) is 0 Å². The second-order valence-corrected chi connectivity index (χ2v) is 42.3. The molecule has 24 rings (SSSR count). The lowest BCUT2D eigenvalue weighted by Gasteiger charge is -2.63. The standard InChI is InChI=1S/C20H24N2.C19H29N.2C18H27N.2C17H25N/c1-13-10-14(2)15(3)19(11-13)22-16(4)21-12-20(22,5)17-8-6-7-9-18(17)21;1-13-11-14(2)15(3)17(12-13)20-16(4)18(5)7-9-19(20,6)10-8-18;1-12-10-13(2)14(3)17(11-12)19-15(4)18(5)8-6-16(19)7-9-18;1-12-10-13(2)14(3)17(11-12)19-15(4)16-6-8-18(19,5)9-7-16;2*1-11-9-12(2)13(3)17(10-11)18-14(4)15-5-7-16(18)8-6-15/h6-11,16H,12H2,1-5H3;11-12,16H,7-10H2,1-6H3;2*10-11,15-16H,6-9H2,1-5H3;2*9-10,14-16H,5-8H2,1-4H3. The Morgan fingerprint density at radius 3 is 0.983 bits per heavy atom. The van der Waals surface area contributed by atoms with Crippen molar-refractivity contribution in [1.29, 1.82) is 0 Å². The van der Waals surface area contributed by atoms with E-state index < -0.39 is 0 Å². The molecule has 0 spiro atoms. The molecular weight excluding hydrogens is 1410 g/mol. The highest BCUT2D eigenvalue weighted by atomic mass is 15.5. The van der Waals surface area contributed by atoms with Crippen LogP contribution in [0.25, 0.3) is 0 Å². The molecule has 7 unspecified atom stereocenters. The third-order valence-corrected chi connectivity index (χ3v) is 34.6. The van der Waals surface area contributed by atoms with E-state index in [1.54, 1.807) is 0 Å². The van der Waals surface area contributed by atoms with Crippen LogP contribution in [0.1, 0.15) is 310 Å². The van der Waals surface area contributed by atoms with Gasteiger partial charge in [-0.25, -0.2) is 0 Å². The fourth-order valence-corrected chi connectivity index (χ4v) is 26.1. The third kappa shape index (κ3) is 15.5. The highest BCUT2D eigenvalue weighted by Crippen LogP contribution is 2.58. The van der Waals surface area contributed by atoms with Crippen molar-refractivity contribution in [3.05, 3.63) is 203 Å². The zero-order valence-electron chi connectivity index (χ0n) is 78.6. The monoisotopic (exact) mass is 1560 g/mol. The number of nitrogens with zero attached hydrogens (tertiary/aromatic N) is 7. The smallest absolute Gasteiger partial charge is 0.0997 e.